The van der Waals surface area contributed by atoms with E-state index in [1.807, 2.05) is 13.8 Å². The van der Waals surface area contributed by atoms with Gasteiger partial charge in [0, 0.05) is 30.4 Å². The molecule has 0 aliphatic carbocycles. The van der Waals surface area contributed by atoms with Crippen LogP contribution < -0.4 is 10.3 Å². The number of pyridine rings is 1. The maximum absolute atomic E-state index is 12.8. The number of nitrogens with zero attached hydrogens (tertiary/aromatic N) is 2. The van der Waals surface area contributed by atoms with Crippen LogP contribution in [0.4, 0.5) is 0 Å². The van der Waals surface area contributed by atoms with Crippen molar-refractivity contribution in [3.8, 4) is 5.75 Å². The van der Waals surface area contributed by atoms with Crippen LogP contribution in [-0.2, 0) is 17.1 Å². The Labute approximate surface area is 158 Å². The molecule has 1 aromatic heterocycles. The van der Waals surface area contributed by atoms with Crippen LogP contribution in [0.5, 0.6) is 5.75 Å². The van der Waals surface area contributed by atoms with E-state index in [1.165, 1.54) is 21.0 Å². The van der Waals surface area contributed by atoms with Gasteiger partial charge in [0.2, 0.25) is 10.0 Å². The lowest BCUT2D eigenvalue weighted by molar-refractivity contribution is 0.214. The smallest absolute Gasteiger partial charge is 0.254 e. The summed E-state index contributed by atoms with van der Waals surface area (Å²) in [5.41, 5.74) is 1.45. The summed E-state index contributed by atoms with van der Waals surface area (Å²) in [5, 5.41) is 0.425. The van der Waals surface area contributed by atoms with Crippen molar-refractivity contribution >= 4 is 21.6 Å². The monoisotopic (exact) mass is 396 g/mol. The first-order valence-corrected chi connectivity index (χ1v) is 10.1. The molecule has 1 saturated heterocycles. The van der Waals surface area contributed by atoms with Crippen LogP contribution in [0, 0.1) is 13.8 Å². The molecule has 2 aromatic rings. The van der Waals surface area contributed by atoms with E-state index in [1.54, 1.807) is 25.2 Å². The second-order valence-corrected chi connectivity index (χ2v) is 8.88. The maximum atomic E-state index is 12.8. The Hall–Kier alpha value is -1.83. The van der Waals surface area contributed by atoms with Crippen LogP contribution in [0.15, 0.2) is 40.0 Å². The topological polar surface area (TPSA) is 68.6 Å². The van der Waals surface area contributed by atoms with Gasteiger partial charge in [-0.3, -0.25) is 4.79 Å². The van der Waals surface area contributed by atoms with Crippen LogP contribution in [0.2, 0.25) is 5.02 Å². The van der Waals surface area contributed by atoms with Gasteiger partial charge >= 0.3 is 0 Å². The molecule has 8 heteroatoms. The van der Waals surface area contributed by atoms with E-state index in [2.05, 4.69) is 0 Å². The number of hydrogen-bond donors (Lipinski definition) is 0. The quantitative estimate of drug-likeness (QED) is 0.796. The summed E-state index contributed by atoms with van der Waals surface area (Å²) in [5.74, 6) is 0.466. The van der Waals surface area contributed by atoms with Crippen molar-refractivity contribution in [3.05, 3.63) is 57.0 Å². The van der Waals surface area contributed by atoms with Crippen molar-refractivity contribution in [3.63, 3.8) is 0 Å². The molecule has 3 rings (SSSR count). The van der Waals surface area contributed by atoms with Crippen molar-refractivity contribution in [1.29, 1.82) is 0 Å². The molecule has 1 aromatic carbocycles. The molecule has 0 amide bonds. The average molecular weight is 397 g/mol. The molecule has 1 aliphatic rings. The number of benzene rings is 1. The summed E-state index contributed by atoms with van der Waals surface area (Å²) < 4.78 is 34.4. The van der Waals surface area contributed by atoms with Crippen LogP contribution in [0.25, 0.3) is 0 Å². The number of ether oxygens (including phenoxy) is 1. The third-order valence-corrected chi connectivity index (χ3v) is 6.94. The molecule has 2 heterocycles. The van der Waals surface area contributed by atoms with Gasteiger partial charge in [-0.05, 0) is 44.0 Å². The predicted octanol–water partition coefficient (Wildman–Crippen LogP) is 2.50. The third kappa shape index (κ3) is 3.65. The molecule has 1 unspecified atom stereocenters. The van der Waals surface area contributed by atoms with E-state index in [-0.39, 0.29) is 23.1 Å². The van der Waals surface area contributed by atoms with Crippen molar-refractivity contribution in [1.82, 2.24) is 8.87 Å². The van der Waals surface area contributed by atoms with Gasteiger partial charge in [0.25, 0.3) is 5.56 Å². The minimum absolute atomic E-state index is 0.156. The molecule has 1 atom stereocenters. The Bertz CT molecular complexity index is 1000. The van der Waals surface area contributed by atoms with Crippen LogP contribution >= 0.6 is 11.6 Å². The lowest BCUT2D eigenvalue weighted by atomic mass is 10.2. The summed E-state index contributed by atoms with van der Waals surface area (Å²) in [6, 6.07) is 7.93. The van der Waals surface area contributed by atoms with Crippen LogP contribution in [0.3, 0.4) is 0 Å². The number of hydrogen-bond acceptors (Lipinski definition) is 4. The molecular weight excluding hydrogens is 376 g/mol. The third-order valence-electron chi connectivity index (χ3n) is 4.67. The van der Waals surface area contributed by atoms with E-state index < -0.39 is 10.0 Å². The number of halogens is 1. The van der Waals surface area contributed by atoms with Crippen molar-refractivity contribution in [2.24, 2.45) is 7.05 Å². The number of aromatic nitrogens is 1. The van der Waals surface area contributed by atoms with E-state index in [9.17, 15) is 13.2 Å². The fourth-order valence-corrected chi connectivity index (χ4v) is 4.65. The van der Waals surface area contributed by atoms with Crippen LogP contribution in [-0.4, -0.2) is 36.5 Å². The Morgan fingerprint density at radius 2 is 1.92 bits per heavy atom. The molecule has 26 heavy (non-hydrogen) atoms. The van der Waals surface area contributed by atoms with Crippen molar-refractivity contribution in [2.45, 2.75) is 31.3 Å². The second kappa shape index (κ2) is 7.06. The molecule has 6 nitrogen and oxygen atoms in total. The highest BCUT2D eigenvalue weighted by molar-refractivity contribution is 7.89. The SMILES string of the molecule is Cc1ccc(S(=O)(=O)N2CCC(Oc3cc(C)n(C)c(=O)c3)C2)cc1Cl. The normalized spacial score (nSPS) is 18.2. The van der Waals surface area contributed by atoms with Gasteiger partial charge < -0.3 is 9.30 Å². The highest BCUT2D eigenvalue weighted by Crippen LogP contribution is 2.26. The Kier molecular flexibility index (Phi) is 5.14. The van der Waals surface area contributed by atoms with E-state index in [4.69, 9.17) is 16.3 Å². The summed E-state index contributed by atoms with van der Waals surface area (Å²) in [4.78, 5) is 12.0. The lowest BCUT2D eigenvalue weighted by Crippen LogP contribution is -2.31. The molecule has 0 bridgehead atoms. The Morgan fingerprint density at radius 1 is 1.19 bits per heavy atom. The van der Waals surface area contributed by atoms with E-state index in [0.29, 0.717) is 23.7 Å². The zero-order valence-electron chi connectivity index (χ0n) is 14.9. The molecule has 1 aliphatic heterocycles. The first-order valence-electron chi connectivity index (χ1n) is 8.29. The van der Waals surface area contributed by atoms with Gasteiger partial charge in [-0.2, -0.15) is 4.31 Å². The summed E-state index contributed by atoms with van der Waals surface area (Å²) in [6.45, 7) is 4.25. The minimum atomic E-state index is -3.62. The Balaban J connectivity index is 1.75. The van der Waals surface area contributed by atoms with Gasteiger partial charge in [0.15, 0.2) is 0 Å². The Morgan fingerprint density at radius 3 is 2.58 bits per heavy atom. The van der Waals surface area contributed by atoms with Gasteiger partial charge in [0.05, 0.1) is 11.4 Å². The fourth-order valence-electron chi connectivity index (χ4n) is 2.89. The molecular formula is C18H21ClN2O4S. The zero-order valence-corrected chi connectivity index (χ0v) is 16.5. The number of rotatable bonds is 4. The average Bonchev–Trinajstić information content (AvgIpc) is 3.04. The first kappa shape index (κ1) is 18.9. The minimum Gasteiger partial charge on any atom is -0.489 e. The van der Waals surface area contributed by atoms with Crippen molar-refractivity contribution < 1.29 is 13.2 Å². The fraction of sp³-hybridized carbons (Fsp3) is 0.389. The van der Waals surface area contributed by atoms with Gasteiger partial charge in [-0.1, -0.05) is 17.7 Å². The molecule has 1 fully saturated rings. The largest absolute Gasteiger partial charge is 0.489 e. The molecule has 0 N–H and O–H groups in total. The summed E-state index contributed by atoms with van der Waals surface area (Å²) in [7, 11) is -1.93. The van der Waals surface area contributed by atoms with E-state index in [0.717, 1.165) is 11.3 Å². The van der Waals surface area contributed by atoms with Crippen molar-refractivity contribution in [2.75, 3.05) is 13.1 Å². The van der Waals surface area contributed by atoms with Gasteiger partial charge in [0.1, 0.15) is 11.9 Å². The summed E-state index contributed by atoms with van der Waals surface area (Å²) >= 11 is 6.07. The number of aryl methyl sites for hydroxylation is 2. The highest BCUT2D eigenvalue weighted by Gasteiger charge is 2.34. The highest BCUT2D eigenvalue weighted by atomic mass is 35.5. The lowest BCUT2D eigenvalue weighted by Gasteiger charge is -2.18. The molecule has 0 saturated carbocycles. The summed E-state index contributed by atoms with van der Waals surface area (Å²) in [6.07, 6.45) is 0.268. The molecule has 0 radical (unpaired) electrons. The van der Waals surface area contributed by atoms with Crippen LogP contribution in [0.1, 0.15) is 17.7 Å². The van der Waals surface area contributed by atoms with Gasteiger partial charge in [-0.15, -0.1) is 0 Å². The number of sulfonamides is 1. The molecule has 0 spiro atoms. The predicted molar refractivity (Wildman–Crippen MR) is 100 cm³/mol. The maximum Gasteiger partial charge on any atom is 0.254 e. The standard InChI is InChI=1S/C18H21ClN2O4S/c1-12-4-5-16(10-17(12)19)26(23,24)21-7-6-14(11-21)25-15-8-13(2)20(3)18(22)9-15/h4-5,8-10,14H,6-7,11H2,1-3H3. The second-order valence-electron chi connectivity index (χ2n) is 6.53. The first-order chi connectivity index (χ1) is 12.2. The zero-order chi connectivity index (χ0) is 19.1. The molecule has 140 valence electrons. The van der Waals surface area contributed by atoms with E-state index >= 15 is 0 Å². The van der Waals surface area contributed by atoms with Gasteiger partial charge in [-0.25, -0.2) is 8.42 Å².